The summed E-state index contributed by atoms with van der Waals surface area (Å²) < 4.78 is 5.59. The fourth-order valence-electron chi connectivity index (χ4n) is 3.88. The lowest BCUT2D eigenvalue weighted by atomic mass is 10.1. The highest BCUT2D eigenvalue weighted by Crippen LogP contribution is 2.25. The zero-order chi connectivity index (χ0) is 32.3. The van der Waals surface area contributed by atoms with Crippen LogP contribution in [0.2, 0.25) is 0 Å². The first-order valence-corrected chi connectivity index (χ1v) is 13.4. The third-order valence-electron chi connectivity index (χ3n) is 6.32. The van der Waals surface area contributed by atoms with E-state index in [0.717, 1.165) is 11.0 Å². The van der Waals surface area contributed by atoms with E-state index in [4.69, 9.17) is 15.6 Å². The summed E-state index contributed by atoms with van der Waals surface area (Å²) in [6, 6.07) is 4.94. The number of quaternary nitrogens is 1. The van der Waals surface area contributed by atoms with Crippen molar-refractivity contribution in [3.8, 4) is 0 Å². The molecule has 43 heavy (non-hydrogen) atoms. The van der Waals surface area contributed by atoms with Gasteiger partial charge in [-0.25, -0.2) is 4.79 Å². The highest BCUT2D eigenvalue weighted by Gasteiger charge is 2.27. The number of carbonyl (C=O) groups is 4. The van der Waals surface area contributed by atoms with Gasteiger partial charge in [0.2, 0.25) is 5.95 Å². The molecule has 0 saturated heterocycles. The lowest BCUT2D eigenvalue weighted by Gasteiger charge is -2.35. The fraction of sp³-hybridized carbons (Fsp3) is 0.481. The summed E-state index contributed by atoms with van der Waals surface area (Å²) in [5.41, 5.74) is 6.56. The topological polar surface area (TPSA) is 232 Å². The molecule has 2 heterocycles. The van der Waals surface area contributed by atoms with Crippen LogP contribution in [0.15, 0.2) is 29.1 Å². The Balaban J connectivity index is 0.000000553. The maximum absolute atomic E-state index is 12.3. The number of rotatable bonds is 12. The molecular formula is C27H40N8O8. The van der Waals surface area contributed by atoms with Crippen LogP contribution >= 0.6 is 0 Å². The molecule has 2 atom stereocenters. The van der Waals surface area contributed by atoms with Crippen LogP contribution in [0.25, 0.3) is 0 Å². The van der Waals surface area contributed by atoms with Gasteiger partial charge < -0.3 is 50.8 Å². The second-order valence-corrected chi connectivity index (χ2v) is 10.9. The molecule has 236 valence electrons. The highest BCUT2D eigenvalue weighted by atomic mass is 16.5. The molecule has 0 fully saturated rings. The van der Waals surface area contributed by atoms with Gasteiger partial charge in [0.05, 0.1) is 27.2 Å². The Bertz CT molecular complexity index is 1340. The first-order valence-electron chi connectivity index (χ1n) is 13.4. The number of nitrogens with two attached hydrogens (primary N) is 1. The smallest absolute Gasteiger partial charge is 0.326 e. The zero-order valence-corrected chi connectivity index (χ0v) is 24.9. The van der Waals surface area contributed by atoms with Crippen LogP contribution < -0.4 is 37.2 Å². The largest absolute Gasteiger partial charge is 0.550 e. The number of nitrogens with zero attached hydrogens (tertiary/aromatic N) is 3. The van der Waals surface area contributed by atoms with Gasteiger partial charge in [-0.2, -0.15) is 4.98 Å². The molecule has 0 radical (unpaired) electrons. The van der Waals surface area contributed by atoms with E-state index >= 15 is 0 Å². The first-order chi connectivity index (χ1) is 20.1. The van der Waals surface area contributed by atoms with Crippen LogP contribution in [0.4, 0.5) is 23.1 Å². The quantitative estimate of drug-likeness (QED) is 0.122. The number of carboxylic acid groups (broad SMARTS) is 2. The maximum atomic E-state index is 12.3. The molecule has 0 unspecified atom stereocenters. The molecular weight excluding hydrogens is 564 g/mol. The monoisotopic (exact) mass is 604 g/mol. The number of amides is 1. The highest BCUT2D eigenvalue weighted by molar-refractivity contribution is 5.97. The number of ether oxygens (including phenoxy) is 1. The zero-order valence-electron chi connectivity index (χ0n) is 24.9. The van der Waals surface area contributed by atoms with Crippen molar-refractivity contribution in [1.29, 1.82) is 0 Å². The number of esters is 1. The average Bonchev–Trinajstić information content (AvgIpc) is 2.89. The lowest BCUT2D eigenvalue weighted by molar-refractivity contribution is -0.870. The summed E-state index contributed by atoms with van der Waals surface area (Å²) in [5, 5.41) is 28.3. The van der Waals surface area contributed by atoms with Crippen molar-refractivity contribution in [2.75, 3.05) is 75.7 Å². The minimum atomic E-state index is -1.39. The summed E-state index contributed by atoms with van der Waals surface area (Å²) in [4.78, 5) is 65.0. The average molecular weight is 605 g/mol. The van der Waals surface area contributed by atoms with Crippen LogP contribution in [0.1, 0.15) is 30.1 Å². The van der Waals surface area contributed by atoms with Crippen molar-refractivity contribution in [3.63, 3.8) is 0 Å². The molecule has 0 aliphatic carbocycles. The van der Waals surface area contributed by atoms with E-state index in [9.17, 15) is 29.1 Å². The van der Waals surface area contributed by atoms with Crippen molar-refractivity contribution < 1.29 is 38.6 Å². The third-order valence-corrected chi connectivity index (χ3v) is 6.32. The van der Waals surface area contributed by atoms with Gasteiger partial charge >= 0.3 is 11.9 Å². The van der Waals surface area contributed by atoms with Gasteiger partial charge in [0.15, 0.2) is 5.82 Å². The summed E-state index contributed by atoms with van der Waals surface area (Å²) in [7, 11) is 7.96. The molecule has 16 heteroatoms. The van der Waals surface area contributed by atoms with E-state index in [1.54, 1.807) is 19.2 Å². The molecule has 2 aromatic rings. The number of carboxylic acids is 2. The maximum Gasteiger partial charge on any atom is 0.326 e. The van der Waals surface area contributed by atoms with Gasteiger partial charge in [-0.1, -0.05) is 0 Å². The summed E-state index contributed by atoms with van der Waals surface area (Å²) >= 11 is 0. The first kappa shape index (κ1) is 34.3. The molecule has 7 N–H and O–H groups in total. The fourth-order valence-corrected chi connectivity index (χ4v) is 3.88. The Hall–Kier alpha value is -4.86. The number of likely N-dealkylation sites (N-methyl/N-ethyl adjacent to an activating group) is 2. The molecule has 1 aromatic heterocycles. The Morgan fingerprint density at radius 1 is 1.23 bits per heavy atom. The van der Waals surface area contributed by atoms with Crippen LogP contribution in [-0.4, -0.2) is 110 Å². The van der Waals surface area contributed by atoms with E-state index in [1.807, 2.05) is 4.90 Å². The number of hydrogen-bond acceptors (Lipinski definition) is 12. The number of anilines is 4. The van der Waals surface area contributed by atoms with Crippen molar-refractivity contribution in [2.45, 2.75) is 31.8 Å². The molecule has 16 nitrogen and oxygen atoms in total. The van der Waals surface area contributed by atoms with Crippen LogP contribution in [0, 0.1) is 0 Å². The minimum absolute atomic E-state index is 0.0360. The van der Waals surface area contributed by atoms with Crippen LogP contribution in [0.5, 0.6) is 0 Å². The second-order valence-electron chi connectivity index (χ2n) is 10.9. The van der Waals surface area contributed by atoms with Gasteiger partial charge in [0.25, 0.3) is 11.5 Å². The normalized spacial score (nSPS) is 14.6. The van der Waals surface area contributed by atoms with Gasteiger partial charge in [-0.15, -0.1) is 0 Å². The number of nitrogens with one attached hydrogen (secondary N) is 4. The minimum Gasteiger partial charge on any atom is -0.550 e. The van der Waals surface area contributed by atoms with Gasteiger partial charge in [-0.3, -0.25) is 19.4 Å². The van der Waals surface area contributed by atoms with Crippen molar-refractivity contribution in [2.24, 2.45) is 0 Å². The number of aromatic amines is 1. The number of aromatic nitrogens is 2. The number of carbonyl (C=O) groups excluding carboxylic acids is 3. The van der Waals surface area contributed by atoms with Crippen LogP contribution in [-0.2, 0) is 19.1 Å². The predicted octanol–water partition coefficient (Wildman–Crippen LogP) is -1.34. The van der Waals surface area contributed by atoms with E-state index in [2.05, 4.69) is 47.1 Å². The lowest BCUT2D eigenvalue weighted by Crippen LogP contribution is -2.48. The molecule has 1 aliphatic heterocycles. The second kappa shape index (κ2) is 15.4. The van der Waals surface area contributed by atoms with E-state index in [0.29, 0.717) is 36.9 Å². The number of fused-ring (bicyclic) bond motifs is 1. The van der Waals surface area contributed by atoms with Gasteiger partial charge in [-0.05, 0) is 37.1 Å². The predicted molar refractivity (Wildman–Crippen MR) is 158 cm³/mol. The summed E-state index contributed by atoms with van der Waals surface area (Å²) in [5.74, 6) is -3.09. The molecule has 1 amide bonds. The standard InChI is InChI=1S/C20H25N7O6.C7H16NO2/c1-27-12(9-23-16-15(27)18(31)26-20(21)25-16)8-22-11-4-2-10(3-5-11)17(30)24-13(19(32)33)6-7-14(28)29;1-7(9)10-6-5-8(2,3)4/h2-5,12-13,22H,6-9H2,1H3,(H,24,30)(H,28,29)(H,32,33)(H4,21,23,25,26,31);5-6H2,1-4H3/q;+1/p-1/t12-,13-;/m0./s1. The number of nitrogen functional groups attached to an aromatic ring is 1. The van der Waals surface area contributed by atoms with E-state index < -0.39 is 30.3 Å². The third kappa shape index (κ3) is 11.5. The molecule has 0 saturated carbocycles. The number of aliphatic carboxylic acids is 2. The van der Waals surface area contributed by atoms with Gasteiger partial charge in [0.1, 0.15) is 24.9 Å². The number of H-pyrrole nitrogens is 1. The van der Waals surface area contributed by atoms with E-state index in [-0.39, 0.29) is 35.5 Å². The van der Waals surface area contributed by atoms with Crippen molar-refractivity contribution in [3.05, 3.63) is 40.2 Å². The molecule has 0 bridgehead atoms. The summed E-state index contributed by atoms with van der Waals surface area (Å²) in [6.45, 7) is 3.80. The Kier molecular flexibility index (Phi) is 12.3. The van der Waals surface area contributed by atoms with Crippen molar-refractivity contribution >= 4 is 47.0 Å². The van der Waals surface area contributed by atoms with Gasteiger partial charge in [0, 0.05) is 44.3 Å². The summed E-state index contributed by atoms with van der Waals surface area (Å²) in [6.07, 6.45) is -0.759. The molecule has 0 spiro atoms. The molecule has 1 aliphatic rings. The van der Waals surface area contributed by atoms with Crippen LogP contribution in [0.3, 0.4) is 0 Å². The van der Waals surface area contributed by atoms with E-state index in [1.165, 1.54) is 19.1 Å². The SMILES string of the molecule is CC(=O)OCC[N+](C)(C)C.CN1c2c(nc(N)[nH]c2=O)NC[C@@H]1CNc1ccc(C(=O)N[C@@H](CCC(=O)[O-])C(=O)O)cc1. The van der Waals surface area contributed by atoms with Crippen molar-refractivity contribution in [1.82, 2.24) is 15.3 Å². The Morgan fingerprint density at radius 2 is 1.88 bits per heavy atom. The number of hydrogen-bond donors (Lipinski definition) is 6. The molecule has 3 rings (SSSR count). The Labute approximate surface area is 248 Å². The molecule has 1 aromatic carbocycles. The Morgan fingerprint density at radius 3 is 2.44 bits per heavy atom. The number of benzene rings is 1.